The van der Waals surface area contributed by atoms with Crippen molar-refractivity contribution in [2.45, 2.75) is 26.7 Å². The lowest BCUT2D eigenvalue weighted by Crippen LogP contribution is -2.38. The van der Waals surface area contributed by atoms with Crippen molar-refractivity contribution >= 4 is 21.8 Å². The number of sulfonamides is 1. The molecule has 0 heterocycles. The highest BCUT2D eigenvalue weighted by atomic mass is 32.2. The number of carbonyl (C=O) groups is 1. The average molecular weight is 311 g/mol. The Balaban J connectivity index is 3.12. The Morgan fingerprint density at radius 1 is 1.29 bits per heavy atom. The maximum atomic E-state index is 12.1. The first-order valence-corrected chi connectivity index (χ1v) is 8.46. The van der Waals surface area contributed by atoms with Crippen molar-refractivity contribution in [2.24, 2.45) is 0 Å². The number of benzene rings is 1. The van der Waals surface area contributed by atoms with Gasteiger partial charge in [-0.1, -0.05) is 38.1 Å². The van der Waals surface area contributed by atoms with Crippen molar-refractivity contribution in [1.29, 1.82) is 0 Å². The lowest BCUT2D eigenvalue weighted by Gasteiger charge is -2.21. The van der Waals surface area contributed by atoms with Gasteiger partial charge in [0.2, 0.25) is 10.0 Å². The maximum Gasteiger partial charge on any atom is 0.428 e. The molecule has 21 heavy (non-hydrogen) atoms. The Hall–Kier alpha value is -1.82. The van der Waals surface area contributed by atoms with E-state index in [0.29, 0.717) is 4.31 Å². The summed E-state index contributed by atoms with van der Waals surface area (Å²) < 4.78 is 29.8. The van der Waals surface area contributed by atoms with Gasteiger partial charge in [-0.2, -0.15) is 4.31 Å². The third kappa shape index (κ3) is 4.60. The fourth-order valence-electron chi connectivity index (χ4n) is 1.78. The Labute approximate surface area is 126 Å². The number of rotatable bonds is 7. The highest BCUT2D eigenvalue weighted by Crippen LogP contribution is 2.21. The van der Waals surface area contributed by atoms with Crippen LogP contribution in [0.3, 0.4) is 0 Å². The fourth-order valence-corrected chi connectivity index (χ4v) is 2.77. The quantitative estimate of drug-likeness (QED) is 0.726. The SMILES string of the molecule is C=CCOC(=O)N(c1ccc(CCC)cc1)S(=O)(=O)CC. The highest BCUT2D eigenvalue weighted by molar-refractivity contribution is 7.93. The third-order valence-corrected chi connectivity index (χ3v) is 4.49. The molecule has 0 N–H and O–H groups in total. The number of carbonyl (C=O) groups excluding carboxylic acids is 1. The normalized spacial score (nSPS) is 11.0. The highest BCUT2D eigenvalue weighted by Gasteiger charge is 2.29. The average Bonchev–Trinajstić information content (AvgIpc) is 2.47. The van der Waals surface area contributed by atoms with Crippen LogP contribution in [0.5, 0.6) is 0 Å². The summed E-state index contributed by atoms with van der Waals surface area (Å²) in [4.78, 5) is 12.0. The van der Waals surface area contributed by atoms with E-state index in [2.05, 4.69) is 13.5 Å². The predicted molar refractivity (Wildman–Crippen MR) is 83.9 cm³/mol. The molecule has 0 aliphatic rings. The zero-order chi connectivity index (χ0) is 15.9. The number of anilines is 1. The molecule has 0 aromatic heterocycles. The zero-order valence-corrected chi connectivity index (χ0v) is 13.2. The van der Waals surface area contributed by atoms with Gasteiger partial charge in [0, 0.05) is 0 Å². The molecule has 0 saturated carbocycles. The maximum absolute atomic E-state index is 12.1. The van der Waals surface area contributed by atoms with Crippen LogP contribution in [0.1, 0.15) is 25.8 Å². The van der Waals surface area contributed by atoms with Crippen LogP contribution in [0.2, 0.25) is 0 Å². The monoisotopic (exact) mass is 311 g/mol. The van der Waals surface area contributed by atoms with Gasteiger partial charge in [0.1, 0.15) is 6.61 Å². The molecule has 0 spiro atoms. The molecular weight excluding hydrogens is 290 g/mol. The first kappa shape index (κ1) is 17.2. The van der Waals surface area contributed by atoms with Gasteiger partial charge in [-0.25, -0.2) is 13.2 Å². The topological polar surface area (TPSA) is 63.7 Å². The van der Waals surface area contributed by atoms with E-state index in [4.69, 9.17) is 4.74 Å². The van der Waals surface area contributed by atoms with Gasteiger partial charge in [0.25, 0.3) is 0 Å². The summed E-state index contributed by atoms with van der Waals surface area (Å²) in [6.07, 6.45) is 2.37. The van der Waals surface area contributed by atoms with Crippen LogP contribution < -0.4 is 4.31 Å². The van der Waals surface area contributed by atoms with E-state index in [9.17, 15) is 13.2 Å². The molecule has 116 valence electrons. The van der Waals surface area contributed by atoms with Crippen LogP contribution in [-0.4, -0.2) is 26.9 Å². The summed E-state index contributed by atoms with van der Waals surface area (Å²) in [5.41, 5.74) is 1.38. The minimum Gasteiger partial charge on any atom is -0.444 e. The van der Waals surface area contributed by atoms with Gasteiger partial charge in [-0.05, 0) is 31.0 Å². The number of aryl methyl sites for hydroxylation is 1. The van der Waals surface area contributed by atoms with E-state index in [1.807, 2.05) is 12.1 Å². The minimum atomic E-state index is -3.74. The molecule has 0 bridgehead atoms. The van der Waals surface area contributed by atoms with E-state index in [-0.39, 0.29) is 18.0 Å². The molecule has 0 aliphatic heterocycles. The smallest absolute Gasteiger partial charge is 0.428 e. The van der Waals surface area contributed by atoms with Gasteiger partial charge in [-0.15, -0.1) is 0 Å². The van der Waals surface area contributed by atoms with Crippen molar-refractivity contribution in [3.8, 4) is 0 Å². The Morgan fingerprint density at radius 2 is 1.90 bits per heavy atom. The molecule has 0 aliphatic carbocycles. The van der Waals surface area contributed by atoms with Crippen LogP contribution in [0.25, 0.3) is 0 Å². The second-order valence-corrected chi connectivity index (χ2v) is 6.55. The first-order valence-electron chi connectivity index (χ1n) is 6.85. The lowest BCUT2D eigenvalue weighted by atomic mass is 10.1. The Morgan fingerprint density at radius 3 is 2.38 bits per heavy atom. The molecule has 1 aromatic carbocycles. The van der Waals surface area contributed by atoms with Crippen molar-refractivity contribution < 1.29 is 17.9 Å². The molecule has 0 atom stereocenters. The molecule has 1 rings (SSSR count). The number of hydrogen-bond acceptors (Lipinski definition) is 4. The molecule has 0 radical (unpaired) electrons. The Bertz CT molecular complexity index is 578. The molecule has 0 fully saturated rings. The van der Waals surface area contributed by atoms with E-state index in [1.165, 1.54) is 13.0 Å². The number of ether oxygens (including phenoxy) is 1. The van der Waals surface area contributed by atoms with Gasteiger partial charge >= 0.3 is 6.09 Å². The number of nitrogens with zero attached hydrogens (tertiary/aromatic N) is 1. The zero-order valence-electron chi connectivity index (χ0n) is 12.4. The predicted octanol–water partition coefficient (Wildman–Crippen LogP) is 3.12. The summed E-state index contributed by atoms with van der Waals surface area (Å²) in [5, 5.41) is 0. The third-order valence-electron chi connectivity index (χ3n) is 2.84. The molecule has 5 nitrogen and oxygen atoms in total. The summed E-state index contributed by atoms with van der Waals surface area (Å²) >= 11 is 0. The summed E-state index contributed by atoms with van der Waals surface area (Å²) in [6.45, 7) is 6.94. The standard InChI is InChI=1S/C15H21NO4S/c1-4-7-13-8-10-14(11-9-13)16(21(18,19)6-3)15(17)20-12-5-2/h5,8-11H,2,4,6-7,12H2,1,3H3. The van der Waals surface area contributed by atoms with Crippen LogP contribution in [0.4, 0.5) is 10.5 Å². The second kappa shape index (κ2) is 7.83. The van der Waals surface area contributed by atoms with Crippen LogP contribution in [0.15, 0.2) is 36.9 Å². The molecule has 1 aromatic rings. The molecular formula is C15H21NO4S. The van der Waals surface area contributed by atoms with Gasteiger partial charge in [0.15, 0.2) is 0 Å². The first-order chi connectivity index (χ1) is 9.96. The molecule has 1 amide bonds. The number of hydrogen-bond donors (Lipinski definition) is 0. The van der Waals surface area contributed by atoms with Gasteiger partial charge in [0.05, 0.1) is 11.4 Å². The molecule has 0 saturated heterocycles. The van der Waals surface area contributed by atoms with Crippen LogP contribution in [0, 0.1) is 0 Å². The summed E-state index contributed by atoms with van der Waals surface area (Å²) in [5.74, 6) is -0.188. The second-order valence-electron chi connectivity index (χ2n) is 4.45. The van der Waals surface area contributed by atoms with Crippen molar-refractivity contribution in [3.63, 3.8) is 0 Å². The van der Waals surface area contributed by atoms with Crippen molar-refractivity contribution in [1.82, 2.24) is 0 Å². The van der Waals surface area contributed by atoms with Crippen molar-refractivity contribution in [3.05, 3.63) is 42.5 Å². The van der Waals surface area contributed by atoms with Crippen LogP contribution >= 0.6 is 0 Å². The van der Waals surface area contributed by atoms with Gasteiger partial charge in [-0.3, -0.25) is 0 Å². The van der Waals surface area contributed by atoms with Gasteiger partial charge < -0.3 is 4.74 Å². The summed E-state index contributed by atoms with van der Waals surface area (Å²) in [7, 11) is -3.74. The number of amides is 1. The van der Waals surface area contributed by atoms with E-state index in [1.54, 1.807) is 12.1 Å². The largest absolute Gasteiger partial charge is 0.444 e. The van der Waals surface area contributed by atoms with Crippen LogP contribution in [-0.2, 0) is 21.2 Å². The minimum absolute atomic E-state index is 0.0392. The van der Waals surface area contributed by atoms with Crippen molar-refractivity contribution in [2.75, 3.05) is 16.7 Å². The lowest BCUT2D eigenvalue weighted by molar-refractivity contribution is 0.170. The molecule has 0 unspecified atom stereocenters. The fraction of sp³-hybridized carbons (Fsp3) is 0.400. The van der Waals surface area contributed by atoms with E-state index in [0.717, 1.165) is 18.4 Å². The van der Waals surface area contributed by atoms with E-state index < -0.39 is 16.1 Å². The van der Waals surface area contributed by atoms with E-state index >= 15 is 0 Å². The summed E-state index contributed by atoms with van der Waals surface area (Å²) in [6, 6.07) is 6.87. The molecule has 6 heteroatoms. The Kier molecular flexibility index (Phi) is 6.42.